The first-order valence-electron chi connectivity index (χ1n) is 8.97. The van der Waals surface area contributed by atoms with Crippen LogP contribution < -0.4 is 11.1 Å². The third-order valence-corrected chi connectivity index (χ3v) is 6.64. The zero-order valence-electron chi connectivity index (χ0n) is 16.6. The van der Waals surface area contributed by atoms with E-state index >= 15 is 0 Å². The number of nitrogens with one attached hydrogen (secondary N) is 1. The number of carbonyl (C=O) groups excluding carboxylic acids is 1. The molecule has 2 aromatic rings. The first-order chi connectivity index (χ1) is 12.7. The topological polar surface area (TPSA) is 92.5 Å². The number of rotatable bonds is 7. The van der Waals surface area contributed by atoms with Gasteiger partial charge in [-0.25, -0.2) is 8.42 Å². The fraction of sp³-hybridized carbons (Fsp3) is 0.350. The van der Waals surface area contributed by atoms with Crippen LogP contribution >= 0.6 is 12.4 Å². The van der Waals surface area contributed by atoms with Gasteiger partial charge in [0.2, 0.25) is 10.0 Å². The number of anilines is 1. The van der Waals surface area contributed by atoms with Crippen LogP contribution in [0.2, 0.25) is 0 Å². The van der Waals surface area contributed by atoms with Gasteiger partial charge in [-0.15, -0.1) is 12.4 Å². The van der Waals surface area contributed by atoms with Crippen LogP contribution in [0, 0.1) is 6.92 Å². The molecule has 0 fully saturated rings. The molecule has 6 nitrogen and oxygen atoms in total. The molecule has 1 unspecified atom stereocenters. The molecule has 1 atom stereocenters. The van der Waals surface area contributed by atoms with Crippen molar-refractivity contribution in [3.8, 4) is 0 Å². The van der Waals surface area contributed by atoms with Gasteiger partial charge in [-0.1, -0.05) is 32.0 Å². The molecule has 0 aromatic heterocycles. The average molecular weight is 426 g/mol. The summed E-state index contributed by atoms with van der Waals surface area (Å²) in [7, 11) is -3.49. The second-order valence-corrected chi connectivity index (χ2v) is 8.37. The van der Waals surface area contributed by atoms with Crippen LogP contribution in [0.15, 0.2) is 47.4 Å². The molecule has 2 rings (SSSR count). The van der Waals surface area contributed by atoms with Crippen LogP contribution in [0.25, 0.3) is 0 Å². The molecule has 3 N–H and O–H groups in total. The Morgan fingerprint density at radius 1 is 1.11 bits per heavy atom. The highest BCUT2D eigenvalue weighted by molar-refractivity contribution is 7.89. The minimum atomic E-state index is -3.49. The maximum Gasteiger partial charge on any atom is 0.252 e. The summed E-state index contributed by atoms with van der Waals surface area (Å²) in [5.74, 6) is -0.216. The van der Waals surface area contributed by atoms with E-state index in [1.165, 1.54) is 4.31 Å². The van der Waals surface area contributed by atoms with Gasteiger partial charge < -0.3 is 11.1 Å². The summed E-state index contributed by atoms with van der Waals surface area (Å²) in [4.78, 5) is 12.8. The predicted molar refractivity (Wildman–Crippen MR) is 115 cm³/mol. The maximum atomic E-state index is 12.6. The number of sulfonamides is 1. The number of nitrogens with zero attached hydrogens (tertiary/aromatic N) is 1. The van der Waals surface area contributed by atoms with Crippen LogP contribution in [0.5, 0.6) is 0 Å². The van der Waals surface area contributed by atoms with Gasteiger partial charge in [-0.2, -0.15) is 4.31 Å². The van der Waals surface area contributed by atoms with Crippen molar-refractivity contribution in [2.45, 2.75) is 38.6 Å². The SMILES string of the molecule is CCN(CC)S(=O)(=O)c1ccc(C(C)NC(=O)c2cc(N)ccc2C)cc1.Cl. The lowest BCUT2D eigenvalue weighted by atomic mass is 10.1. The fourth-order valence-corrected chi connectivity index (χ4v) is 4.34. The Morgan fingerprint density at radius 2 is 1.68 bits per heavy atom. The zero-order valence-corrected chi connectivity index (χ0v) is 18.2. The Balaban J connectivity index is 0.00000392. The average Bonchev–Trinajstić information content (AvgIpc) is 2.64. The number of hydrogen-bond donors (Lipinski definition) is 2. The van der Waals surface area contributed by atoms with E-state index in [-0.39, 0.29) is 29.3 Å². The van der Waals surface area contributed by atoms with Crippen LogP contribution in [0.1, 0.15) is 48.3 Å². The van der Waals surface area contributed by atoms with Crippen molar-refractivity contribution >= 4 is 34.0 Å². The largest absolute Gasteiger partial charge is 0.399 e. The van der Waals surface area contributed by atoms with Gasteiger partial charge in [-0.05, 0) is 49.2 Å². The van der Waals surface area contributed by atoms with Crippen LogP contribution in [0.4, 0.5) is 5.69 Å². The van der Waals surface area contributed by atoms with Gasteiger partial charge in [0.25, 0.3) is 5.91 Å². The summed E-state index contributed by atoms with van der Waals surface area (Å²) in [5, 5.41) is 2.93. The number of amides is 1. The van der Waals surface area contributed by atoms with Gasteiger partial charge in [0.1, 0.15) is 0 Å². The highest BCUT2D eigenvalue weighted by atomic mass is 35.5. The normalized spacial score (nSPS) is 12.3. The molecule has 28 heavy (non-hydrogen) atoms. The molecule has 154 valence electrons. The molecule has 0 saturated heterocycles. The van der Waals surface area contributed by atoms with Crippen LogP contribution in [-0.2, 0) is 10.0 Å². The monoisotopic (exact) mass is 425 g/mol. The van der Waals surface area contributed by atoms with E-state index in [0.717, 1.165) is 11.1 Å². The van der Waals surface area contributed by atoms with E-state index in [4.69, 9.17) is 5.73 Å². The first-order valence-corrected chi connectivity index (χ1v) is 10.4. The van der Waals surface area contributed by atoms with Crippen molar-refractivity contribution in [1.82, 2.24) is 9.62 Å². The van der Waals surface area contributed by atoms with E-state index in [0.29, 0.717) is 24.3 Å². The van der Waals surface area contributed by atoms with E-state index in [2.05, 4.69) is 5.32 Å². The molecule has 0 heterocycles. The lowest BCUT2D eigenvalue weighted by Gasteiger charge is -2.19. The summed E-state index contributed by atoms with van der Waals surface area (Å²) in [6, 6.07) is 11.6. The number of benzene rings is 2. The number of nitrogens with two attached hydrogens (primary N) is 1. The predicted octanol–water partition coefficient (Wildman–Crippen LogP) is 3.52. The molecule has 2 aromatic carbocycles. The quantitative estimate of drug-likeness (QED) is 0.663. The van der Waals surface area contributed by atoms with E-state index < -0.39 is 10.0 Å². The standard InChI is InChI=1S/C20H27N3O3S.ClH/c1-5-23(6-2)27(25,26)18-11-8-16(9-12-18)15(4)22-20(24)19-13-17(21)10-7-14(19)3;/h7-13,15H,5-6,21H2,1-4H3,(H,22,24);1H. The van der Waals surface area contributed by atoms with Gasteiger partial charge in [0.15, 0.2) is 0 Å². The highest BCUT2D eigenvalue weighted by Gasteiger charge is 2.22. The van der Waals surface area contributed by atoms with Crippen molar-refractivity contribution in [3.05, 3.63) is 59.2 Å². The van der Waals surface area contributed by atoms with Crippen LogP contribution in [-0.4, -0.2) is 31.7 Å². The second kappa shape index (κ2) is 9.91. The molecule has 0 bridgehead atoms. The number of nitrogen functional groups attached to an aromatic ring is 1. The molecule has 0 radical (unpaired) electrons. The van der Waals surface area contributed by atoms with Gasteiger partial charge in [0.05, 0.1) is 10.9 Å². The summed E-state index contributed by atoms with van der Waals surface area (Å²) < 4.78 is 26.5. The first kappa shape index (κ1) is 23.9. The number of aryl methyl sites for hydroxylation is 1. The Hall–Kier alpha value is -2.09. The zero-order chi connectivity index (χ0) is 20.2. The molecular formula is C20H28ClN3O3S. The molecule has 1 amide bonds. The molecule has 0 spiro atoms. The minimum Gasteiger partial charge on any atom is -0.399 e. The molecule has 8 heteroatoms. The van der Waals surface area contributed by atoms with Crippen molar-refractivity contribution < 1.29 is 13.2 Å². The van der Waals surface area contributed by atoms with Crippen molar-refractivity contribution in [3.63, 3.8) is 0 Å². The van der Waals surface area contributed by atoms with Gasteiger partial charge in [0, 0.05) is 24.3 Å². The number of halogens is 1. The third-order valence-electron chi connectivity index (χ3n) is 4.58. The molecule has 0 aliphatic carbocycles. The lowest BCUT2D eigenvalue weighted by molar-refractivity contribution is 0.0939. The van der Waals surface area contributed by atoms with E-state index in [1.54, 1.807) is 36.4 Å². The Bertz CT molecular complexity index is 911. The second-order valence-electron chi connectivity index (χ2n) is 6.43. The Kier molecular flexibility index (Phi) is 8.48. The smallest absolute Gasteiger partial charge is 0.252 e. The van der Waals surface area contributed by atoms with Crippen molar-refractivity contribution in [1.29, 1.82) is 0 Å². The molecule has 0 aliphatic rings. The van der Waals surface area contributed by atoms with Crippen molar-refractivity contribution in [2.24, 2.45) is 0 Å². The summed E-state index contributed by atoms with van der Waals surface area (Å²) in [6.45, 7) is 8.18. The Labute approximate surface area is 173 Å². The van der Waals surface area contributed by atoms with Gasteiger partial charge >= 0.3 is 0 Å². The number of carbonyl (C=O) groups is 1. The summed E-state index contributed by atoms with van der Waals surface area (Å²) >= 11 is 0. The highest BCUT2D eigenvalue weighted by Crippen LogP contribution is 2.20. The van der Waals surface area contributed by atoms with Crippen molar-refractivity contribution in [2.75, 3.05) is 18.8 Å². The van der Waals surface area contributed by atoms with E-state index in [1.807, 2.05) is 33.8 Å². The third kappa shape index (κ3) is 5.25. The number of hydrogen-bond acceptors (Lipinski definition) is 4. The molecular weight excluding hydrogens is 398 g/mol. The molecule has 0 saturated carbocycles. The molecule has 0 aliphatic heterocycles. The maximum absolute atomic E-state index is 12.6. The van der Waals surface area contributed by atoms with Crippen LogP contribution in [0.3, 0.4) is 0 Å². The lowest BCUT2D eigenvalue weighted by Crippen LogP contribution is -2.30. The minimum absolute atomic E-state index is 0. The Morgan fingerprint density at radius 3 is 2.21 bits per heavy atom. The summed E-state index contributed by atoms with van der Waals surface area (Å²) in [5.41, 5.74) is 8.50. The van der Waals surface area contributed by atoms with E-state index in [9.17, 15) is 13.2 Å². The summed E-state index contributed by atoms with van der Waals surface area (Å²) in [6.07, 6.45) is 0. The fourth-order valence-electron chi connectivity index (χ4n) is 2.88. The van der Waals surface area contributed by atoms with Gasteiger partial charge in [-0.3, -0.25) is 4.79 Å².